The normalized spacial score (nSPS) is 13.1. The van der Waals surface area contributed by atoms with E-state index in [0.717, 1.165) is 36.6 Å². The number of aliphatic carboxylic acids is 1. The fraction of sp³-hybridized carbons (Fsp3) is 0.500. The lowest BCUT2D eigenvalue weighted by Gasteiger charge is -2.17. The van der Waals surface area contributed by atoms with Gasteiger partial charge < -0.3 is 19.6 Å². The summed E-state index contributed by atoms with van der Waals surface area (Å²) in [5.74, 6) is -1.31. The first-order chi connectivity index (χ1) is 13.7. The third-order valence-corrected chi connectivity index (χ3v) is 4.95. The number of nitrogens with one attached hydrogen (secondary N) is 1. The van der Waals surface area contributed by atoms with E-state index < -0.39 is 24.0 Å². The summed E-state index contributed by atoms with van der Waals surface area (Å²) >= 11 is 0. The minimum absolute atomic E-state index is 0.343. The van der Waals surface area contributed by atoms with Crippen LogP contribution in [-0.4, -0.2) is 29.1 Å². The molecule has 1 aromatic carbocycles. The van der Waals surface area contributed by atoms with E-state index in [-0.39, 0.29) is 5.63 Å². The monoisotopic (exact) mass is 403 g/mol. The van der Waals surface area contributed by atoms with E-state index in [1.54, 1.807) is 12.1 Å². The maximum Gasteiger partial charge on any atom is 0.339 e. The van der Waals surface area contributed by atoms with E-state index >= 15 is 0 Å². The topological polar surface area (TPSA) is 106 Å². The van der Waals surface area contributed by atoms with Gasteiger partial charge in [0, 0.05) is 17.0 Å². The van der Waals surface area contributed by atoms with Gasteiger partial charge in [0.05, 0.1) is 0 Å². The number of ether oxygens (including phenoxy) is 1. The van der Waals surface area contributed by atoms with E-state index in [0.29, 0.717) is 23.3 Å². The molecule has 0 fully saturated rings. The number of fused-ring (bicyclic) bond motifs is 1. The third kappa shape index (κ3) is 5.82. The van der Waals surface area contributed by atoms with Crippen molar-refractivity contribution in [1.82, 2.24) is 5.32 Å². The molecule has 0 aliphatic carbocycles. The van der Waals surface area contributed by atoms with Gasteiger partial charge in [-0.2, -0.15) is 0 Å². The molecule has 1 amide bonds. The quantitative estimate of drug-likeness (QED) is 0.464. The first-order valence-electron chi connectivity index (χ1n) is 10.0. The summed E-state index contributed by atoms with van der Waals surface area (Å²) < 4.78 is 11.1. The fourth-order valence-electron chi connectivity index (χ4n) is 3.12. The summed E-state index contributed by atoms with van der Waals surface area (Å²) in [5.41, 5.74) is 1.66. The Morgan fingerprint density at radius 2 is 1.93 bits per heavy atom. The van der Waals surface area contributed by atoms with Crippen molar-refractivity contribution in [1.29, 1.82) is 0 Å². The van der Waals surface area contributed by atoms with Crippen LogP contribution in [0, 0.1) is 6.92 Å². The van der Waals surface area contributed by atoms with Crippen molar-refractivity contribution in [3.8, 4) is 5.75 Å². The van der Waals surface area contributed by atoms with Crippen LogP contribution < -0.4 is 15.7 Å². The van der Waals surface area contributed by atoms with Gasteiger partial charge in [-0.15, -0.1) is 0 Å². The van der Waals surface area contributed by atoms with Gasteiger partial charge in [0.15, 0.2) is 6.10 Å². The van der Waals surface area contributed by atoms with Crippen LogP contribution in [0.2, 0.25) is 0 Å². The Kier molecular flexibility index (Phi) is 7.82. The first kappa shape index (κ1) is 22.5. The molecule has 0 aliphatic heterocycles. The lowest BCUT2D eigenvalue weighted by molar-refractivity contribution is -0.142. The number of carbonyl (C=O) groups excluding carboxylic acids is 1. The van der Waals surface area contributed by atoms with Crippen molar-refractivity contribution in [2.24, 2.45) is 0 Å². The Balaban J connectivity index is 2.16. The second kappa shape index (κ2) is 10.1. The molecule has 0 saturated heterocycles. The molecule has 2 atom stereocenters. The van der Waals surface area contributed by atoms with Crippen molar-refractivity contribution < 1.29 is 23.8 Å². The predicted molar refractivity (Wildman–Crippen MR) is 110 cm³/mol. The number of aryl methyl sites for hydroxylation is 1. The standard InChI is InChI=1S/C22H29NO6/c1-5-6-7-8-9-18-13(2)17-11-10-16(12-19(17)29-22(18)27)28-15(4)20(24)23-14(3)21(25)26/h10-12,14-15H,5-9H2,1-4H3,(H,23,24)(H,25,26)/t14-,15-/m0/s1. The number of hydrogen-bond donors (Lipinski definition) is 2. The molecule has 2 aromatic rings. The Morgan fingerprint density at radius 1 is 1.21 bits per heavy atom. The van der Waals surface area contributed by atoms with Crippen LogP contribution in [0.15, 0.2) is 27.4 Å². The molecule has 0 spiro atoms. The van der Waals surface area contributed by atoms with Crippen LogP contribution >= 0.6 is 0 Å². The number of carboxylic acid groups (broad SMARTS) is 1. The molecule has 1 heterocycles. The van der Waals surface area contributed by atoms with E-state index in [1.807, 2.05) is 13.0 Å². The highest BCUT2D eigenvalue weighted by Gasteiger charge is 2.20. The smallest absolute Gasteiger partial charge is 0.339 e. The van der Waals surface area contributed by atoms with Crippen molar-refractivity contribution in [2.75, 3.05) is 0 Å². The van der Waals surface area contributed by atoms with Crippen molar-refractivity contribution in [3.05, 3.63) is 39.7 Å². The number of amides is 1. The van der Waals surface area contributed by atoms with Gasteiger partial charge >= 0.3 is 11.6 Å². The minimum atomic E-state index is -1.13. The summed E-state index contributed by atoms with van der Waals surface area (Å²) in [6.45, 7) is 6.96. The Labute approximate surface area is 170 Å². The molecule has 7 nitrogen and oxygen atoms in total. The SMILES string of the molecule is CCCCCCc1c(C)c2ccc(O[C@@H](C)C(=O)N[C@@H](C)C(=O)O)cc2oc1=O. The second-order valence-electron chi connectivity index (χ2n) is 7.29. The summed E-state index contributed by atoms with van der Waals surface area (Å²) in [4.78, 5) is 35.3. The highest BCUT2D eigenvalue weighted by Crippen LogP contribution is 2.25. The van der Waals surface area contributed by atoms with E-state index in [1.165, 1.54) is 13.8 Å². The van der Waals surface area contributed by atoms with Gasteiger partial charge in [-0.3, -0.25) is 9.59 Å². The Hall–Kier alpha value is -2.83. The molecule has 0 aliphatic rings. The summed E-state index contributed by atoms with van der Waals surface area (Å²) in [6.07, 6.45) is 4.12. The molecule has 158 valence electrons. The summed E-state index contributed by atoms with van der Waals surface area (Å²) in [5, 5.41) is 12.1. The van der Waals surface area contributed by atoms with Gasteiger partial charge in [-0.05, 0) is 51.3 Å². The van der Waals surface area contributed by atoms with Gasteiger partial charge in [0.25, 0.3) is 5.91 Å². The lowest BCUT2D eigenvalue weighted by Crippen LogP contribution is -2.44. The molecule has 0 unspecified atom stereocenters. The number of rotatable bonds is 10. The zero-order valence-corrected chi connectivity index (χ0v) is 17.4. The largest absolute Gasteiger partial charge is 0.481 e. The molecular formula is C22H29NO6. The van der Waals surface area contributed by atoms with E-state index in [4.69, 9.17) is 14.3 Å². The number of unbranched alkanes of at least 4 members (excludes halogenated alkanes) is 3. The van der Waals surface area contributed by atoms with Crippen LogP contribution in [0.4, 0.5) is 0 Å². The van der Waals surface area contributed by atoms with Crippen LogP contribution in [0.25, 0.3) is 11.0 Å². The Bertz CT molecular complexity index is 933. The summed E-state index contributed by atoms with van der Waals surface area (Å²) in [6, 6.07) is 4.08. The maximum absolute atomic E-state index is 12.4. The molecular weight excluding hydrogens is 374 g/mol. The average Bonchev–Trinajstić information content (AvgIpc) is 2.66. The lowest BCUT2D eigenvalue weighted by atomic mass is 10.0. The van der Waals surface area contributed by atoms with Crippen molar-refractivity contribution in [3.63, 3.8) is 0 Å². The molecule has 2 rings (SSSR count). The maximum atomic E-state index is 12.4. The molecule has 1 aromatic heterocycles. The van der Waals surface area contributed by atoms with Gasteiger partial charge in [0.1, 0.15) is 17.4 Å². The second-order valence-corrected chi connectivity index (χ2v) is 7.29. The van der Waals surface area contributed by atoms with E-state index in [2.05, 4.69) is 12.2 Å². The van der Waals surface area contributed by atoms with Gasteiger partial charge in [0.2, 0.25) is 0 Å². The molecule has 2 N–H and O–H groups in total. The molecule has 7 heteroatoms. The van der Waals surface area contributed by atoms with Crippen LogP contribution in [0.5, 0.6) is 5.75 Å². The zero-order valence-electron chi connectivity index (χ0n) is 17.4. The van der Waals surface area contributed by atoms with Crippen LogP contribution in [0.3, 0.4) is 0 Å². The predicted octanol–water partition coefficient (Wildman–Crippen LogP) is 3.58. The van der Waals surface area contributed by atoms with Gasteiger partial charge in [-0.25, -0.2) is 4.79 Å². The van der Waals surface area contributed by atoms with E-state index in [9.17, 15) is 14.4 Å². The Morgan fingerprint density at radius 3 is 2.59 bits per heavy atom. The zero-order chi connectivity index (χ0) is 21.6. The van der Waals surface area contributed by atoms with Gasteiger partial charge in [-0.1, -0.05) is 26.2 Å². The summed E-state index contributed by atoms with van der Waals surface area (Å²) in [7, 11) is 0. The molecule has 29 heavy (non-hydrogen) atoms. The third-order valence-electron chi connectivity index (χ3n) is 4.95. The number of hydrogen-bond acceptors (Lipinski definition) is 5. The molecule has 0 radical (unpaired) electrons. The number of carbonyl (C=O) groups is 2. The molecule has 0 bridgehead atoms. The highest BCUT2D eigenvalue weighted by molar-refractivity contribution is 5.86. The molecule has 0 saturated carbocycles. The number of benzene rings is 1. The number of carboxylic acids is 1. The fourth-order valence-corrected chi connectivity index (χ4v) is 3.12. The van der Waals surface area contributed by atoms with Crippen molar-refractivity contribution in [2.45, 2.75) is 71.9 Å². The minimum Gasteiger partial charge on any atom is -0.481 e. The first-order valence-corrected chi connectivity index (χ1v) is 10.0. The van der Waals surface area contributed by atoms with Crippen molar-refractivity contribution >= 4 is 22.8 Å². The van der Waals surface area contributed by atoms with Crippen LogP contribution in [-0.2, 0) is 16.0 Å². The van der Waals surface area contributed by atoms with Crippen LogP contribution in [0.1, 0.15) is 57.6 Å². The highest BCUT2D eigenvalue weighted by atomic mass is 16.5. The average molecular weight is 403 g/mol.